The number of aromatic nitrogens is 3. The number of benzene rings is 9. The van der Waals surface area contributed by atoms with E-state index in [0.717, 1.165) is 61.4 Å². The van der Waals surface area contributed by atoms with Gasteiger partial charge in [0.2, 0.25) is 0 Å². The van der Waals surface area contributed by atoms with Gasteiger partial charge < -0.3 is 9.32 Å². The Morgan fingerprint density at radius 1 is 0.382 bits per heavy atom. The SMILES string of the molecule is C1=CC2C(c3ccccc3N2c2ccc(-c3cccc(-c4ccccc4)c3)cc2)c2c1oc1c(-c3nc(-c4ccc(-c5ccccc5)cc4)nc(-c4ccc(-c5ccccc5)cc4)n3)cccc21. The highest BCUT2D eigenvalue weighted by atomic mass is 16.3. The zero-order valence-corrected chi connectivity index (χ0v) is 36.9. The molecule has 2 aromatic heterocycles. The Hall–Kier alpha value is -8.93. The second-order valence-electron chi connectivity index (χ2n) is 17.5. The minimum Gasteiger partial charge on any atom is -0.456 e. The van der Waals surface area contributed by atoms with E-state index in [1.165, 1.54) is 39.1 Å². The van der Waals surface area contributed by atoms with Crippen LogP contribution in [0.4, 0.5) is 11.4 Å². The van der Waals surface area contributed by atoms with Crippen molar-refractivity contribution < 1.29 is 4.42 Å². The Morgan fingerprint density at radius 2 is 0.838 bits per heavy atom. The van der Waals surface area contributed by atoms with Gasteiger partial charge in [0.15, 0.2) is 17.5 Å². The predicted molar refractivity (Wildman–Crippen MR) is 277 cm³/mol. The third-order valence-electron chi connectivity index (χ3n) is 13.5. The van der Waals surface area contributed by atoms with Gasteiger partial charge >= 0.3 is 0 Å². The summed E-state index contributed by atoms with van der Waals surface area (Å²) in [6.07, 6.45) is 4.47. The molecular formula is C63H42N4O. The monoisotopic (exact) mass is 870 g/mol. The Labute approximate surface area is 395 Å². The zero-order valence-electron chi connectivity index (χ0n) is 36.9. The van der Waals surface area contributed by atoms with Gasteiger partial charge in [0.05, 0.1) is 11.6 Å². The van der Waals surface area contributed by atoms with E-state index >= 15 is 0 Å². The molecule has 11 aromatic rings. The minimum absolute atomic E-state index is 0.0423. The summed E-state index contributed by atoms with van der Waals surface area (Å²) in [7, 11) is 0. The summed E-state index contributed by atoms with van der Waals surface area (Å²) in [5.41, 5.74) is 17.6. The van der Waals surface area contributed by atoms with E-state index in [1.54, 1.807) is 0 Å². The lowest BCUT2D eigenvalue weighted by molar-refractivity contribution is 0.584. The Morgan fingerprint density at radius 3 is 1.44 bits per heavy atom. The molecule has 13 rings (SSSR count). The normalized spacial score (nSPS) is 14.7. The molecule has 0 spiro atoms. The summed E-state index contributed by atoms with van der Waals surface area (Å²) in [5, 5.41) is 1.06. The van der Waals surface area contributed by atoms with Gasteiger partial charge in [-0.2, -0.15) is 0 Å². The van der Waals surface area contributed by atoms with Gasteiger partial charge in [0, 0.05) is 39.4 Å². The third-order valence-corrected chi connectivity index (χ3v) is 13.5. The fraction of sp³-hybridized carbons (Fsp3) is 0.0317. The standard InChI is InChI=1S/C63H42N4O/c1-4-14-41(15-5-1)44-26-30-47(31-27-44)61-64-62(48-32-28-45(29-33-48)42-16-6-2-7-17-42)66-63(65-61)54-24-13-23-53-59-57(68-60(53)54)39-38-56-58(59)52-22-10-11-25-55(52)67(56)51-36-34-46(35-37-51)50-21-12-20-49(40-50)43-18-8-3-9-19-43/h1-40,56,58H. The van der Waals surface area contributed by atoms with Crippen LogP contribution in [-0.4, -0.2) is 21.0 Å². The van der Waals surface area contributed by atoms with Gasteiger partial charge in [-0.15, -0.1) is 0 Å². The van der Waals surface area contributed by atoms with E-state index < -0.39 is 0 Å². The van der Waals surface area contributed by atoms with Crippen molar-refractivity contribution >= 4 is 28.4 Å². The molecule has 3 heterocycles. The van der Waals surface area contributed by atoms with E-state index in [-0.39, 0.29) is 12.0 Å². The van der Waals surface area contributed by atoms with Gasteiger partial charge in [-0.05, 0) is 86.5 Å². The molecule has 0 saturated carbocycles. The van der Waals surface area contributed by atoms with Gasteiger partial charge in [-0.25, -0.2) is 15.0 Å². The van der Waals surface area contributed by atoms with Gasteiger partial charge in [-0.3, -0.25) is 0 Å². The Balaban J connectivity index is 0.884. The summed E-state index contributed by atoms with van der Waals surface area (Å²) >= 11 is 0. The highest BCUT2D eigenvalue weighted by Crippen LogP contribution is 2.54. The largest absolute Gasteiger partial charge is 0.456 e. The van der Waals surface area contributed by atoms with Crippen LogP contribution in [0.5, 0.6) is 0 Å². The summed E-state index contributed by atoms with van der Waals surface area (Å²) in [4.78, 5) is 18.0. The first-order valence-corrected chi connectivity index (χ1v) is 23.2. The molecule has 0 N–H and O–H groups in total. The number of furan rings is 1. The van der Waals surface area contributed by atoms with Crippen molar-refractivity contribution in [1.29, 1.82) is 0 Å². The van der Waals surface area contributed by atoms with Crippen molar-refractivity contribution in [2.45, 2.75) is 12.0 Å². The van der Waals surface area contributed by atoms with Crippen LogP contribution in [0, 0.1) is 0 Å². The highest BCUT2D eigenvalue weighted by Gasteiger charge is 2.43. The summed E-state index contributed by atoms with van der Waals surface area (Å²) in [6.45, 7) is 0. The first kappa shape index (κ1) is 39.4. The van der Waals surface area contributed by atoms with E-state index in [0.29, 0.717) is 17.5 Å². The highest BCUT2D eigenvalue weighted by molar-refractivity contribution is 5.97. The van der Waals surface area contributed by atoms with Crippen molar-refractivity contribution in [1.82, 2.24) is 15.0 Å². The number of para-hydroxylation sites is 2. The van der Waals surface area contributed by atoms with Crippen molar-refractivity contribution in [2.75, 3.05) is 4.90 Å². The molecule has 68 heavy (non-hydrogen) atoms. The van der Waals surface area contributed by atoms with Crippen molar-refractivity contribution in [2.24, 2.45) is 0 Å². The molecule has 5 nitrogen and oxygen atoms in total. The van der Waals surface area contributed by atoms with Crippen molar-refractivity contribution in [3.05, 3.63) is 253 Å². The Kier molecular flexibility index (Phi) is 9.57. The molecule has 0 fully saturated rings. The number of nitrogens with zero attached hydrogens (tertiary/aromatic N) is 4. The topological polar surface area (TPSA) is 55.1 Å². The van der Waals surface area contributed by atoms with Crippen LogP contribution in [0.25, 0.3) is 95.7 Å². The minimum atomic E-state index is 0.0423. The fourth-order valence-electron chi connectivity index (χ4n) is 10.2. The third kappa shape index (κ3) is 6.92. The van der Waals surface area contributed by atoms with Gasteiger partial charge in [-0.1, -0.05) is 206 Å². The molecule has 9 aromatic carbocycles. The Bertz CT molecular complexity index is 3560. The number of rotatable bonds is 8. The first-order chi connectivity index (χ1) is 33.7. The van der Waals surface area contributed by atoms with E-state index in [9.17, 15) is 0 Å². The molecule has 320 valence electrons. The molecular weight excluding hydrogens is 829 g/mol. The molecule has 0 radical (unpaired) electrons. The van der Waals surface area contributed by atoms with E-state index in [4.69, 9.17) is 19.4 Å². The molecule has 5 heteroatoms. The molecule has 2 atom stereocenters. The number of anilines is 2. The van der Waals surface area contributed by atoms with E-state index in [1.807, 2.05) is 12.1 Å². The van der Waals surface area contributed by atoms with Crippen LogP contribution in [-0.2, 0) is 0 Å². The first-order valence-electron chi connectivity index (χ1n) is 23.2. The molecule has 1 aliphatic heterocycles. The van der Waals surface area contributed by atoms with Crippen LogP contribution in [0.3, 0.4) is 0 Å². The summed E-state index contributed by atoms with van der Waals surface area (Å²) in [6, 6.07) is 81.4. The van der Waals surface area contributed by atoms with Crippen molar-refractivity contribution in [3.8, 4) is 78.7 Å². The molecule has 0 amide bonds. The van der Waals surface area contributed by atoms with Crippen LogP contribution in [0.2, 0.25) is 0 Å². The average Bonchev–Trinajstić information content (AvgIpc) is 3.98. The van der Waals surface area contributed by atoms with Crippen LogP contribution >= 0.6 is 0 Å². The number of hydrogen-bond acceptors (Lipinski definition) is 5. The number of fused-ring (bicyclic) bond motifs is 7. The van der Waals surface area contributed by atoms with Gasteiger partial charge in [0.25, 0.3) is 0 Å². The van der Waals surface area contributed by atoms with Crippen LogP contribution in [0.15, 0.2) is 241 Å². The van der Waals surface area contributed by atoms with E-state index in [2.05, 4.69) is 235 Å². The average molecular weight is 871 g/mol. The van der Waals surface area contributed by atoms with Crippen molar-refractivity contribution in [3.63, 3.8) is 0 Å². The van der Waals surface area contributed by atoms with Crippen LogP contribution in [0.1, 0.15) is 22.8 Å². The lowest BCUT2D eigenvalue weighted by Gasteiger charge is -2.30. The molecule has 2 aliphatic rings. The second kappa shape index (κ2) is 16.5. The fourth-order valence-corrected chi connectivity index (χ4v) is 10.2. The molecule has 0 saturated heterocycles. The zero-order chi connectivity index (χ0) is 45.0. The predicted octanol–water partition coefficient (Wildman–Crippen LogP) is 16.0. The molecule has 0 bridgehead atoms. The smallest absolute Gasteiger partial charge is 0.167 e. The summed E-state index contributed by atoms with van der Waals surface area (Å²) in [5.74, 6) is 2.66. The van der Waals surface area contributed by atoms with Gasteiger partial charge in [0.1, 0.15) is 11.3 Å². The molecule has 1 aliphatic carbocycles. The summed E-state index contributed by atoms with van der Waals surface area (Å²) < 4.78 is 6.96. The maximum absolute atomic E-state index is 6.96. The lowest BCUT2D eigenvalue weighted by Crippen LogP contribution is -2.30. The van der Waals surface area contributed by atoms with Crippen LogP contribution < -0.4 is 4.90 Å². The second-order valence-corrected chi connectivity index (χ2v) is 17.5. The number of hydrogen-bond donors (Lipinski definition) is 0. The quantitative estimate of drug-likeness (QED) is 0.152. The maximum atomic E-state index is 6.96. The lowest BCUT2D eigenvalue weighted by atomic mass is 9.82. The molecule has 2 unspecified atom stereocenters. The maximum Gasteiger partial charge on any atom is 0.167 e.